The van der Waals surface area contributed by atoms with Crippen LogP contribution in [-0.4, -0.2) is 56.2 Å². The number of halogens is 1. The molecule has 6 rings (SSSR count). The van der Waals surface area contributed by atoms with Gasteiger partial charge < -0.3 is 9.64 Å². The Kier molecular flexibility index (Phi) is 5.45. The normalized spacial score (nSPS) is 14.3. The molecule has 36 heavy (non-hydrogen) atoms. The minimum absolute atomic E-state index is 0.279. The number of hydrogen-bond donors (Lipinski definition) is 0. The fraction of sp³-hybridized carbons (Fsp3) is 0.200. The second-order valence-electron chi connectivity index (χ2n) is 8.37. The summed E-state index contributed by atoms with van der Waals surface area (Å²) in [4.78, 5) is 22.6. The van der Waals surface area contributed by atoms with E-state index >= 15 is 0 Å². The highest BCUT2D eigenvalue weighted by Gasteiger charge is 2.20. The highest BCUT2D eigenvalue weighted by molar-refractivity contribution is 5.81. The van der Waals surface area contributed by atoms with Crippen molar-refractivity contribution in [3.63, 3.8) is 0 Å². The zero-order valence-corrected chi connectivity index (χ0v) is 19.4. The van der Waals surface area contributed by atoms with Crippen LogP contribution in [0.5, 0.6) is 0 Å². The first-order chi connectivity index (χ1) is 17.5. The second kappa shape index (κ2) is 8.93. The van der Waals surface area contributed by atoms with Crippen molar-refractivity contribution < 1.29 is 13.9 Å². The van der Waals surface area contributed by atoms with Gasteiger partial charge in [0.15, 0.2) is 11.5 Å². The molecule has 4 aromatic heterocycles. The Morgan fingerprint density at radius 2 is 1.75 bits per heavy atom. The number of imidazole rings is 2. The van der Waals surface area contributed by atoms with E-state index in [2.05, 4.69) is 20.1 Å². The van der Waals surface area contributed by atoms with Crippen molar-refractivity contribution in [2.75, 3.05) is 31.2 Å². The topological polar surface area (TPSA) is 102 Å². The van der Waals surface area contributed by atoms with Crippen molar-refractivity contribution in [2.24, 2.45) is 10.2 Å². The lowest BCUT2D eigenvalue weighted by molar-refractivity contribution is -0.116. The molecule has 0 aliphatic carbocycles. The van der Waals surface area contributed by atoms with Gasteiger partial charge in [-0.25, -0.2) is 18.9 Å². The minimum Gasteiger partial charge on any atom is -0.378 e. The smallest absolute Gasteiger partial charge is 0.261 e. The van der Waals surface area contributed by atoms with E-state index in [-0.39, 0.29) is 11.6 Å². The number of azo groups is 1. The Morgan fingerprint density at radius 3 is 2.53 bits per heavy atom. The van der Waals surface area contributed by atoms with Gasteiger partial charge in [0.25, 0.3) is 5.91 Å². The summed E-state index contributed by atoms with van der Waals surface area (Å²) in [7, 11) is 0. The fourth-order valence-corrected chi connectivity index (χ4v) is 4.26. The first-order valence-corrected chi connectivity index (χ1v) is 11.4. The van der Waals surface area contributed by atoms with Crippen molar-refractivity contribution in [3.8, 4) is 22.6 Å². The van der Waals surface area contributed by atoms with Gasteiger partial charge in [-0.15, -0.1) is 10.2 Å². The first-order valence-electron chi connectivity index (χ1n) is 11.4. The maximum atomic E-state index is 13.7. The average Bonchev–Trinajstić information content (AvgIpc) is 3.48. The third kappa shape index (κ3) is 4.09. The molecule has 0 bridgehead atoms. The fourth-order valence-electron chi connectivity index (χ4n) is 4.26. The average molecular weight is 484 g/mol. The molecule has 0 spiro atoms. The monoisotopic (exact) mass is 484 g/mol. The molecule has 0 saturated carbocycles. The number of carbonyl (C=O) groups is 1. The van der Waals surface area contributed by atoms with E-state index < -0.39 is 5.91 Å². The molecule has 180 valence electrons. The molecular weight excluding hydrogens is 463 g/mol. The van der Waals surface area contributed by atoms with E-state index in [1.807, 2.05) is 34.9 Å². The van der Waals surface area contributed by atoms with Crippen LogP contribution < -0.4 is 4.90 Å². The number of pyridine rings is 1. The number of carbonyl (C=O) groups excluding carboxylic acids is 1. The Hall–Kier alpha value is -4.51. The Labute approximate surface area is 204 Å². The summed E-state index contributed by atoms with van der Waals surface area (Å²) in [6.07, 6.45) is 3.65. The summed E-state index contributed by atoms with van der Waals surface area (Å²) in [6, 6.07) is 13.9. The van der Waals surface area contributed by atoms with Crippen LogP contribution in [0.25, 0.3) is 33.9 Å². The van der Waals surface area contributed by atoms with E-state index in [1.54, 1.807) is 22.8 Å². The first kappa shape index (κ1) is 22.0. The highest BCUT2D eigenvalue weighted by atomic mass is 19.1. The number of rotatable bonds is 4. The molecule has 1 saturated heterocycles. The van der Waals surface area contributed by atoms with Gasteiger partial charge >= 0.3 is 0 Å². The number of nitrogens with zero attached hydrogens (tertiary/aromatic N) is 8. The summed E-state index contributed by atoms with van der Waals surface area (Å²) in [5, 5.41) is 12.2. The standard InChI is InChI=1S/C25H21FN8O2/c1-16(35)29-30-21-15-34-23(27-21)9-7-20(31-34)25-24(17-2-4-18(26)5-3-17)28-22-8-6-19(14-33(22)25)32-10-12-36-13-11-32/h2-9,14-15H,10-13H2,1H3. The molecule has 5 aromatic rings. The number of anilines is 1. The quantitative estimate of drug-likeness (QED) is 0.352. The van der Waals surface area contributed by atoms with Gasteiger partial charge in [0.05, 0.1) is 30.8 Å². The van der Waals surface area contributed by atoms with E-state index in [9.17, 15) is 9.18 Å². The number of hydrogen-bond acceptors (Lipinski definition) is 7. The molecule has 1 fully saturated rings. The van der Waals surface area contributed by atoms with Crippen molar-refractivity contribution in [3.05, 3.63) is 66.7 Å². The molecule has 1 aliphatic rings. The minimum atomic E-state index is -0.411. The van der Waals surface area contributed by atoms with Crippen LogP contribution in [0.1, 0.15) is 6.92 Å². The molecular formula is C25H21FN8O2. The second-order valence-corrected chi connectivity index (χ2v) is 8.37. The SMILES string of the molecule is CC(=O)N=Nc1cn2nc(-c3c(-c4ccc(F)cc4)nc4ccc(N5CCOCC5)cn34)ccc2n1. The van der Waals surface area contributed by atoms with Crippen LogP contribution >= 0.6 is 0 Å². The maximum Gasteiger partial charge on any atom is 0.261 e. The molecule has 1 aromatic carbocycles. The lowest BCUT2D eigenvalue weighted by atomic mass is 10.1. The third-order valence-corrected chi connectivity index (χ3v) is 5.94. The molecule has 0 N–H and O–H groups in total. The lowest BCUT2D eigenvalue weighted by Gasteiger charge is -2.28. The molecule has 1 amide bonds. The Bertz CT molecular complexity index is 1620. The van der Waals surface area contributed by atoms with Crippen LogP contribution in [0.4, 0.5) is 15.9 Å². The third-order valence-electron chi connectivity index (χ3n) is 5.94. The summed E-state index contributed by atoms with van der Waals surface area (Å²) in [5.41, 5.74) is 5.19. The van der Waals surface area contributed by atoms with E-state index in [1.165, 1.54) is 19.1 Å². The van der Waals surface area contributed by atoms with Crippen LogP contribution in [0.3, 0.4) is 0 Å². The van der Waals surface area contributed by atoms with Crippen LogP contribution in [0, 0.1) is 5.82 Å². The number of ether oxygens (including phenoxy) is 1. The van der Waals surface area contributed by atoms with E-state index in [4.69, 9.17) is 14.8 Å². The van der Waals surface area contributed by atoms with E-state index in [0.29, 0.717) is 30.2 Å². The van der Waals surface area contributed by atoms with Crippen molar-refractivity contribution in [2.45, 2.75) is 6.92 Å². The predicted molar refractivity (Wildman–Crippen MR) is 131 cm³/mol. The van der Waals surface area contributed by atoms with E-state index in [0.717, 1.165) is 35.7 Å². The molecule has 11 heteroatoms. The molecule has 0 unspecified atom stereocenters. The number of aromatic nitrogens is 5. The van der Waals surface area contributed by atoms with Crippen LogP contribution in [-0.2, 0) is 9.53 Å². The zero-order chi connectivity index (χ0) is 24.6. The van der Waals surface area contributed by atoms with Gasteiger partial charge in [0.1, 0.15) is 22.9 Å². The summed E-state index contributed by atoms with van der Waals surface area (Å²) in [5.74, 6) is -0.448. The van der Waals surface area contributed by atoms with Gasteiger partial charge in [-0.1, -0.05) is 0 Å². The molecule has 0 atom stereocenters. The number of amides is 1. The summed E-state index contributed by atoms with van der Waals surface area (Å²) < 4.78 is 22.8. The molecule has 10 nitrogen and oxygen atoms in total. The Morgan fingerprint density at radius 1 is 0.972 bits per heavy atom. The van der Waals surface area contributed by atoms with Gasteiger partial charge in [-0.05, 0) is 48.5 Å². The van der Waals surface area contributed by atoms with Crippen molar-refractivity contribution in [1.82, 2.24) is 24.0 Å². The van der Waals surface area contributed by atoms with Gasteiger partial charge in [-0.2, -0.15) is 5.10 Å². The number of benzene rings is 1. The molecule has 1 aliphatic heterocycles. The molecule has 5 heterocycles. The van der Waals surface area contributed by atoms with Crippen LogP contribution in [0.2, 0.25) is 0 Å². The Balaban J connectivity index is 1.53. The highest BCUT2D eigenvalue weighted by Crippen LogP contribution is 2.33. The number of fused-ring (bicyclic) bond motifs is 2. The van der Waals surface area contributed by atoms with Gasteiger partial charge in [0, 0.05) is 31.8 Å². The summed E-state index contributed by atoms with van der Waals surface area (Å²) in [6.45, 7) is 4.28. The van der Waals surface area contributed by atoms with Crippen LogP contribution in [0.15, 0.2) is 71.2 Å². The van der Waals surface area contributed by atoms with Crippen molar-refractivity contribution in [1.29, 1.82) is 0 Å². The largest absolute Gasteiger partial charge is 0.378 e. The molecule has 0 radical (unpaired) electrons. The number of morpholine rings is 1. The summed E-state index contributed by atoms with van der Waals surface area (Å²) >= 11 is 0. The van der Waals surface area contributed by atoms with Gasteiger partial charge in [-0.3, -0.25) is 9.20 Å². The predicted octanol–water partition coefficient (Wildman–Crippen LogP) is 4.32. The lowest BCUT2D eigenvalue weighted by Crippen LogP contribution is -2.36. The zero-order valence-electron chi connectivity index (χ0n) is 19.4. The maximum absolute atomic E-state index is 13.7. The van der Waals surface area contributed by atoms with Gasteiger partial charge in [0.2, 0.25) is 0 Å². The van der Waals surface area contributed by atoms with Crippen molar-refractivity contribution >= 4 is 28.7 Å².